The molecule has 0 aliphatic heterocycles. The van der Waals surface area contributed by atoms with Gasteiger partial charge in [-0.3, -0.25) is 10.1 Å². The van der Waals surface area contributed by atoms with Gasteiger partial charge < -0.3 is 4.74 Å². The predicted molar refractivity (Wildman–Crippen MR) is 111 cm³/mol. The van der Waals surface area contributed by atoms with Crippen LogP contribution in [-0.2, 0) is 12.8 Å². The Kier molecular flexibility index (Phi) is 6.84. The van der Waals surface area contributed by atoms with Crippen molar-refractivity contribution in [3.05, 3.63) is 64.7 Å². The van der Waals surface area contributed by atoms with Gasteiger partial charge in [-0.2, -0.15) is 0 Å². The lowest BCUT2D eigenvalue weighted by molar-refractivity contribution is 0.102. The summed E-state index contributed by atoms with van der Waals surface area (Å²) in [6, 6.07) is 15.9. The summed E-state index contributed by atoms with van der Waals surface area (Å²) in [5, 5.41) is 12.5. The standard InChI is InChI=1S/C20H21N3O2S2/c1-25-17-13-15(26-2)11-12-16(17)19(24)21-20-23-22-18(27-20)10-6-9-14-7-4-3-5-8-14/h3-5,7-8,11-13H,6,9-10H2,1-2H3,(H,21,23,24). The molecule has 1 amide bonds. The van der Waals surface area contributed by atoms with Crippen molar-refractivity contribution in [1.82, 2.24) is 10.2 Å². The molecule has 27 heavy (non-hydrogen) atoms. The van der Waals surface area contributed by atoms with Crippen LogP contribution in [0.2, 0.25) is 0 Å². The van der Waals surface area contributed by atoms with E-state index in [1.807, 2.05) is 36.6 Å². The van der Waals surface area contributed by atoms with Crippen molar-refractivity contribution < 1.29 is 9.53 Å². The number of nitrogens with zero attached hydrogens (tertiary/aromatic N) is 2. The van der Waals surface area contributed by atoms with Crippen molar-refractivity contribution in [2.24, 2.45) is 0 Å². The summed E-state index contributed by atoms with van der Waals surface area (Å²) in [5.74, 6) is 0.304. The zero-order chi connectivity index (χ0) is 19.1. The van der Waals surface area contributed by atoms with Crippen LogP contribution < -0.4 is 10.1 Å². The van der Waals surface area contributed by atoms with Gasteiger partial charge in [-0.1, -0.05) is 41.7 Å². The molecule has 1 heterocycles. The Labute approximate surface area is 167 Å². The smallest absolute Gasteiger partial charge is 0.261 e. The number of ether oxygens (including phenoxy) is 1. The largest absolute Gasteiger partial charge is 0.496 e. The molecule has 5 nitrogen and oxygen atoms in total. The van der Waals surface area contributed by atoms with E-state index in [2.05, 4.69) is 27.6 Å². The minimum atomic E-state index is -0.244. The lowest BCUT2D eigenvalue weighted by atomic mass is 10.1. The molecule has 7 heteroatoms. The highest BCUT2D eigenvalue weighted by atomic mass is 32.2. The van der Waals surface area contributed by atoms with Gasteiger partial charge in [0.1, 0.15) is 10.8 Å². The first kappa shape index (κ1) is 19.4. The molecule has 0 radical (unpaired) electrons. The van der Waals surface area contributed by atoms with E-state index in [0.29, 0.717) is 16.4 Å². The number of rotatable bonds is 8. The normalized spacial score (nSPS) is 10.6. The summed E-state index contributed by atoms with van der Waals surface area (Å²) in [6.07, 6.45) is 4.82. The molecule has 0 atom stereocenters. The summed E-state index contributed by atoms with van der Waals surface area (Å²) >= 11 is 3.01. The molecule has 140 valence electrons. The molecule has 1 N–H and O–H groups in total. The number of aromatic nitrogens is 2. The second kappa shape index (κ2) is 9.53. The fraction of sp³-hybridized carbons (Fsp3) is 0.250. The van der Waals surface area contributed by atoms with Crippen LogP contribution in [0.4, 0.5) is 5.13 Å². The second-order valence-corrected chi connectivity index (χ2v) is 7.80. The molecule has 0 fully saturated rings. The summed E-state index contributed by atoms with van der Waals surface area (Å²) in [5.41, 5.74) is 1.80. The van der Waals surface area contributed by atoms with Crippen LogP contribution in [0, 0.1) is 0 Å². The SMILES string of the molecule is COc1cc(SC)ccc1C(=O)Nc1nnc(CCCc2ccccc2)s1. The Morgan fingerprint density at radius 2 is 1.96 bits per heavy atom. The number of benzene rings is 2. The molecule has 0 saturated heterocycles. The third-order valence-corrected chi connectivity index (χ3v) is 5.66. The Morgan fingerprint density at radius 3 is 2.70 bits per heavy atom. The zero-order valence-electron chi connectivity index (χ0n) is 15.3. The Bertz CT molecular complexity index is 897. The van der Waals surface area contributed by atoms with Crippen LogP contribution in [0.5, 0.6) is 5.75 Å². The first-order valence-electron chi connectivity index (χ1n) is 8.59. The van der Waals surface area contributed by atoms with Crippen molar-refractivity contribution in [2.45, 2.75) is 24.2 Å². The quantitative estimate of drug-likeness (QED) is 0.557. The zero-order valence-corrected chi connectivity index (χ0v) is 16.9. The van der Waals surface area contributed by atoms with Gasteiger partial charge in [0.15, 0.2) is 0 Å². The van der Waals surface area contributed by atoms with Crippen molar-refractivity contribution in [3.63, 3.8) is 0 Å². The van der Waals surface area contributed by atoms with E-state index in [4.69, 9.17) is 4.74 Å². The molecule has 0 bridgehead atoms. The van der Waals surface area contributed by atoms with Gasteiger partial charge in [0, 0.05) is 11.3 Å². The number of carbonyl (C=O) groups is 1. The fourth-order valence-corrected chi connectivity index (χ4v) is 3.85. The average molecular weight is 400 g/mol. The van der Waals surface area contributed by atoms with E-state index in [1.165, 1.54) is 16.9 Å². The highest BCUT2D eigenvalue weighted by Gasteiger charge is 2.15. The molecule has 3 rings (SSSR count). The first-order chi connectivity index (χ1) is 13.2. The Balaban J connectivity index is 1.58. The minimum absolute atomic E-state index is 0.244. The van der Waals surface area contributed by atoms with Gasteiger partial charge in [0.2, 0.25) is 5.13 Å². The average Bonchev–Trinajstić information content (AvgIpc) is 3.15. The summed E-state index contributed by atoms with van der Waals surface area (Å²) in [7, 11) is 1.56. The molecule has 0 aliphatic rings. The van der Waals surface area contributed by atoms with Crippen molar-refractivity contribution in [1.29, 1.82) is 0 Å². The van der Waals surface area contributed by atoms with Crippen LogP contribution in [0.15, 0.2) is 53.4 Å². The van der Waals surface area contributed by atoms with Gasteiger partial charge in [0.05, 0.1) is 12.7 Å². The minimum Gasteiger partial charge on any atom is -0.496 e. The molecule has 1 aromatic heterocycles. The van der Waals surface area contributed by atoms with Crippen molar-refractivity contribution in [2.75, 3.05) is 18.7 Å². The van der Waals surface area contributed by atoms with E-state index in [1.54, 1.807) is 24.9 Å². The maximum Gasteiger partial charge on any atom is 0.261 e. The summed E-state index contributed by atoms with van der Waals surface area (Å²) in [6.45, 7) is 0. The summed E-state index contributed by atoms with van der Waals surface area (Å²) < 4.78 is 5.34. The predicted octanol–water partition coefficient (Wildman–Crippen LogP) is 4.70. The number of anilines is 1. The highest BCUT2D eigenvalue weighted by Crippen LogP contribution is 2.26. The number of hydrogen-bond acceptors (Lipinski definition) is 6. The lowest BCUT2D eigenvalue weighted by Gasteiger charge is -2.09. The van der Waals surface area contributed by atoms with Crippen molar-refractivity contribution in [3.8, 4) is 5.75 Å². The van der Waals surface area contributed by atoms with E-state index in [-0.39, 0.29) is 5.91 Å². The number of hydrogen-bond donors (Lipinski definition) is 1. The Hall–Kier alpha value is -2.38. The van der Waals surface area contributed by atoms with Crippen LogP contribution in [-0.4, -0.2) is 29.5 Å². The van der Waals surface area contributed by atoms with Crippen LogP contribution in [0.25, 0.3) is 0 Å². The first-order valence-corrected chi connectivity index (χ1v) is 10.6. The maximum absolute atomic E-state index is 12.5. The van der Waals surface area contributed by atoms with Gasteiger partial charge >= 0.3 is 0 Å². The topological polar surface area (TPSA) is 64.1 Å². The van der Waals surface area contributed by atoms with E-state index >= 15 is 0 Å². The number of amides is 1. The number of aryl methyl sites for hydroxylation is 2. The van der Waals surface area contributed by atoms with Crippen LogP contribution in [0.3, 0.4) is 0 Å². The molecule has 0 unspecified atom stereocenters. The monoisotopic (exact) mass is 399 g/mol. The molecule has 0 aliphatic carbocycles. The molecule has 3 aromatic rings. The van der Waals surface area contributed by atoms with Crippen LogP contribution in [0.1, 0.15) is 27.3 Å². The summed E-state index contributed by atoms with van der Waals surface area (Å²) in [4.78, 5) is 13.6. The molecule has 0 saturated carbocycles. The fourth-order valence-electron chi connectivity index (χ4n) is 2.64. The molecule has 0 spiro atoms. The lowest BCUT2D eigenvalue weighted by Crippen LogP contribution is -2.13. The molecular weight excluding hydrogens is 378 g/mol. The van der Waals surface area contributed by atoms with Gasteiger partial charge in [0.25, 0.3) is 5.91 Å². The van der Waals surface area contributed by atoms with Crippen LogP contribution >= 0.6 is 23.1 Å². The number of carbonyl (C=O) groups excluding carboxylic acids is 1. The number of nitrogens with one attached hydrogen (secondary N) is 1. The van der Waals surface area contributed by atoms with Gasteiger partial charge in [-0.15, -0.1) is 22.0 Å². The third-order valence-electron chi connectivity index (χ3n) is 4.04. The number of thioether (sulfide) groups is 1. The second-order valence-electron chi connectivity index (χ2n) is 5.86. The van der Waals surface area contributed by atoms with Gasteiger partial charge in [-0.25, -0.2) is 0 Å². The maximum atomic E-state index is 12.5. The molecule has 2 aromatic carbocycles. The van der Waals surface area contributed by atoms with E-state index in [9.17, 15) is 4.79 Å². The van der Waals surface area contributed by atoms with Gasteiger partial charge in [-0.05, 0) is 42.9 Å². The van der Waals surface area contributed by atoms with Crippen molar-refractivity contribution >= 4 is 34.1 Å². The third kappa shape index (κ3) is 5.30. The number of methoxy groups -OCH3 is 1. The molecular formula is C20H21N3O2S2. The highest BCUT2D eigenvalue weighted by molar-refractivity contribution is 7.98. The van der Waals surface area contributed by atoms with E-state index in [0.717, 1.165) is 29.2 Å². The Morgan fingerprint density at radius 1 is 1.15 bits per heavy atom. The van der Waals surface area contributed by atoms with E-state index < -0.39 is 0 Å².